The van der Waals surface area contributed by atoms with Gasteiger partial charge in [-0.2, -0.15) is 5.26 Å². The summed E-state index contributed by atoms with van der Waals surface area (Å²) >= 11 is 0. The smallest absolute Gasteiger partial charge is 0.300 e. The molecule has 0 bridgehead atoms. The summed E-state index contributed by atoms with van der Waals surface area (Å²) in [6.07, 6.45) is 2.91. The number of aliphatic hydroxyl groups is 1. The lowest BCUT2D eigenvalue weighted by Gasteiger charge is -2.25. The first-order valence-electron chi connectivity index (χ1n) is 8.98. The van der Waals surface area contributed by atoms with Crippen LogP contribution in [0.1, 0.15) is 22.7 Å². The van der Waals surface area contributed by atoms with Crippen LogP contribution in [0.3, 0.4) is 0 Å². The third-order valence-electron chi connectivity index (χ3n) is 4.86. The van der Waals surface area contributed by atoms with Crippen LogP contribution in [0.15, 0.2) is 78.6 Å². The van der Waals surface area contributed by atoms with E-state index in [9.17, 15) is 19.1 Å². The molecule has 146 valence electrons. The zero-order chi connectivity index (χ0) is 21.3. The number of amides is 1. The summed E-state index contributed by atoms with van der Waals surface area (Å²) in [5.41, 5.74) is 1.44. The number of pyridine rings is 1. The number of nitriles is 1. The molecule has 1 atom stereocenters. The number of anilines is 1. The number of carbonyl (C=O) groups is 2. The number of hydrogen-bond acceptors (Lipinski definition) is 5. The maximum absolute atomic E-state index is 13.5. The van der Waals surface area contributed by atoms with Gasteiger partial charge in [0.1, 0.15) is 11.6 Å². The number of Topliss-reactive ketones (excluding diaryl/α,β-unsaturated/α-hetero) is 1. The lowest BCUT2D eigenvalue weighted by Crippen LogP contribution is -2.29. The Labute approximate surface area is 171 Å². The molecular formula is C23H14FN3O3. The summed E-state index contributed by atoms with van der Waals surface area (Å²) in [5, 5.41) is 19.9. The van der Waals surface area contributed by atoms with Gasteiger partial charge in [0.2, 0.25) is 0 Å². The van der Waals surface area contributed by atoms with E-state index in [1.807, 2.05) is 6.07 Å². The topological polar surface area (TPSA) is 94.3 Å². The predicted molar refractivity (Wildman–Crippen MR) is 107 cm³/mol. The molecule has 1 aromatic heterocycles. The molecule has 6 nitrogen and oxygen atoms in total. The predicted octanol–water partition coefficient (Wildman–Crippen LogP) is 3.72. The Morgan fingerprint density at radius 3 is 2.23 bits per heavy atom. The van der Waals surface area contributed by atoms with Crippen LogP contribution >= 0.6 is 0 Å². The Hall–Kier alpha value is -4.31. The number of hydrogen-bond donors (Lipinski definition) is 1. The molecule has 1 N–H and O–H groups in total. The van der Waals surface area contributed by atoms with Crippen molar-refractivity contribution in [1.82, 2.24) is 4.98 Å². The highest BCUT2D eigenvalue weighted by molar-refractivity contribution is 6.51. The van der Waals surface area contributed by atoms with Gasteiger partial charge in [-0.15, -0.1) is 0 Å². The average molecular weight is 399 g/mol. The van der Waals surface area contributed by atoms with Gasteiger partial charge in [0.05, 0.1) is 23.2 Å². The normalized spacial score (nSPS) is 17.7. The number of nitrogens with zero attached hydrogens (tertiary/aromatic N) is 3. The summed E-state index contributed by atoms with van der Waals surface area (Å²) in [5.74, 6) is -2.50. The SMILES string of the molecule is N#Cc1ccc(N2C(=O)C(=O)/C(=C(\O)c3ccncc3)C2c2ccc(F)cc2)cc1. The summed E-state index contributed by atoms with van der Waals surface area (Å²) < 4.78 is 13.5. The maximum atomic E-state index is 13.5. The van der Waals surface area contributed by atoms with Crippen molar-refractivity contribution in [1.29, 1.82) is 5.26 Å². The lowest BCUT2D eigenvalue weighted by atomic mass is 9.95. The maximum Gasteiger partial charge on any atom is 0.300 e. The number of ketones is 1. The average Bonchev–Trinajstić information content (AvgIpc) is 3.05. The van der Waals surface area contributed by atoms with Crippen molar-refractivity contribution in [3.63, 3.8) is 0 Å². The molecule has 1 amide bonds. The highest BCUT2D eigenvalue weighted by Gasteiger charge is 2.46. The quantitative estimate of drug-likeness (QED) is 0.412. The molecule has 4 rings (SSSR count). The second kappa shape index (κ2) is 7.60. The Bertz CT molecular complexity index is 1200. The molecule has 0 aliphatic carbocycles. The molecule has 7 heteroatoms. The van der Waals surface area contributed by atoms with Crippen molar-refractivity contribution in [3.05, 3.63) is 101 Å². The van der Waals surface area contributed by atoms with Crippen molar-refractivity contribution in [2.45, 2.75) is 6.04 Å². The van der Waals surface area contributed by atoms with E-state index in [4.69, 9.17) is 5.26 Å². The molecule has 0 radical (unpaired) electrons. The minimum atomic E-state index is -0.966. The summed E-state index contributed by atoms with van der Waals surface area (Å²) in [7, 11) is 0. The van der Waals surface area contributed by atoms with Crippen molar-refractivity contribution in [3.8, 4) is 6.07 Å². The first kappa shape index (κ1) is 19.0. The molecular weight excluding hydrogens is 385 g/mol. The minimum absolute atomic E-state index is 0.109. The fourth-order valence-corrected chi connectivity index (χ4v) is 3.42. The van der Waals surface area contributed by atoms with Crippen LogP contribution in [-0.4, -0.2) is 21.8 Å². The lowest BCUT2D eigenvalue weighted by molar-refractivity contribution is -0.132. The van der Waals surface area contributed by atoms with Gasteiger partial charge in [-0.25, -0.2) is 4.39 Å². The fraction of sp³-hybridized carbons (Fsp3) is 0.0435. The summed E-state index contributed by atoms with van der Waals surface area (Å²) in [6, 6.07) is 15.6. The van der Waals surface area contributed by atoms with Crippen LogP contribution < -0.4 is 4.90 Å². The van der Waals surface area contributed by atoms with Gasteiger partial charge in [-0.1, -0.05) is 12.1 Å². The first-order chi connectivity index (χ1) is 14.5. The van der Waals surface area contributed by atoms with Crippen LogP contribution in [0, 0.1) is 17.1 Å². The van der Waals surface area contributed by atoms with E-state index in [-0.39, 0.29) is 11.3 Å². The van der Waals surface area contributed by atoms with E-state index in [1.165, 1.54) is 65.8 Å². The number of aromatic nitrogens is 1. The van der Waals surface area contributed by atoms with Gasteiger partial charge in [0.15, 0.2) is 0 Å². The number of halogens is 1. The molecule has 2 aromatic carbocycles. The van der Waals surface area contributed by atoms with Crippen molar-refractivity contribution in [2.24, 2.45) is 0 Å². The number of carbonyl (C=O) groups excluding carboxylic acids is 2. The molecule has 0 spiro atoms. The molecule has 3 aromatic rings. The van der Waals surface area contributed by atoms with Gasteiger partial charge in [-0.05, 0) is 54.1 Å². The zero-order valence-corrected chi connectivity index (χ0v) is 15.5. The van der Waals surface area contributed by atoms with Crippen molar-refractivity contribution < 1.29 is 19.1 Å². The first-order valence-corrected chi connectivity index (χ1v) is 8.98. The molecule has 1 aliphatic heterocycles. The van der Waals surface area contributed by atoms with Gasteiger partial charge >= 0.3 is 0 Å². The van der Waals surface area contributed by atoms with Crippen LogP contribution in [-0.2, 0) is 9.59 Å². The van der Waals surface area contributed by atoms with Gasteiger partial charge in [0.25, 0.3) is 11.7 Å². The second-order valence-corrected chi connectivity index (χ2v) is 6.62. The number of benzene rings is 2. The fourth-order valence-electron chi connectivity index (χ4n) is 3.42. The summed E-state index contributed by atoms with van der Waals surface area (Å²) in [4.78, 5) is 31.0. The van der Waals surface area contributed by atoms with Crippen molar-refractivity contribution in [2.75, 3.05) is 4.90 Å². The highest BCUT2D eigenvalue weighted by atomic mass is 19.1. The molecule has 0 saturated carbocycles. The van der Waals surface area contributed by atoms with E-state index in [0.717, 1.165) is 0 Å². The summed E-state index contributed by atoms with van der Waals surface area (Å²) in [6.45, 7) is 0. The molecule has 1 unspecified atom stereocenters. The van der Waals surface area contributed by atoms with Crippen LogP contribution in [0.4, 0.5) is 10.1 Å². The van der Waals surface area contributed by atoms with E-state index < -0.39 is 23.5 Å². The Morgan fingerprint density at radius 1 is 1.00 bits per heavy atom. The number of rotatable bonds is 3. The largest absolute Gasteiger partial charge is 0.507 e. The monoisotopic (exact) mass is 399 g/mol. The van der Waals surface area contributed by atoms with Gasteiger partial charge in [-0.3, -0.25) is 19.5 Å². The van der Waals surface area contributed by atoms with E-state index in [2.05, 4.69) is 4.98 Å². The van der Waals surface area contributed by atoms with E-state index in [1.54, 1.807) is 12.1 Å². The van der Waals surface area contributed by atoms with E-state index >= 15 is 0 Å². The number of aliphatic hydroxyl groups excluding tert-OH is 1. The third-order valence-corrected chi connectivity index (χ3v) is 4.86. The minimum Gasteiger partial charge on any atom is -0.507 e. The zero-order valence-electron chi connectivity index (χ0n) is 15.5. The van der Waals surface area contributed by atoms with Gasteiger partial charge in [0, 0.05) is 23.6 Å². The molecule has 1 saturated heterocycles. The standard InChI is InChI=1S/C23H14FN3O3/c24-17-5-3-15(4-6-17)20-19(21(28)16-9-11-26-12-10-16)22(29)23(30)27(20)18-7-1-14(13-25)2-8-18/h1-12,20,28H/b21-19-. The molecule has 2 heterocycles. The van der Waals surface area contributed by atoms with Crippen LogP contribution in [0.25, 0.3) is 5.76 Å². The highest BCUT2D eigenvalue weighted by Crippen LogP contribution is 2.42. The molecule has 1 aliphatic rings. The molecule has 30 heavy (non-hydrogen) atoms. The van der Waals surface area contributed by atoms with Crippen molar-refractivity contribution >= 4 is 23.1 Å². The Balaban J connectivity index is 1.93. The third kappa shape index (κ3) is 3.20. The van der Waals surface area contributed by atoms with Crippen LogP contribution in [0.5, 0.6) is 0 Å². The van der Waals surface area contributed by atoms with E-state index in [0.29, 0.717) is 22.4 Å². The van der Waals surface area contributed by atoms with Crippen LogP contribution in [0.2, 0.25) is 0 Å². The molecule has 1 fully saturated rings. The second-order valence-electron chi connectivity index (χ2n) is 6.62. The van der Waals surface area contributed by atoms with Gasteiger partial charge < -0.3 is 5.11 Å². The Morgan fingerprint density at radius 2 is 1.63 bits per heavy atom. The Kier molecular flexibility index (Phi) is 4.82.